The van der Waals surface area contributed by atoms with E-state index >= 15 is 0 Å². The zero-order valence-electron chi connectivity index (χ0n) is 14.6. The fourth-order valence-electron chi connectivity index (χ4n) is 3.01. The Kier molecular flexibility index (Phi) is 5.45. The Bertz CT molecular complexity index is 825. The van der Waals surface area contributed by atoms with Crippen LogP contribution in [0.3, 0.4) is 0 Å². The molecule has 1 atom stereocenters. The van der Waals surface area contributed by atoms with E-state index in [1.807, 2.05) is 0 Å². The number of hydrogen-bond donors (Lipinski definition) is 1. The molecule has 1 saturated heterocycles. The molecule has 0 radical (unpaired) electrons. The lowest BCUT2D eigenvalue weighted by atomic mass is 10.1. The Labute approximate surface area is 146 Å². The first-order valence-electron chi connectivity index (χ1n) is 8.49. The van der Waals surface area contributed by atoms with E-state index in [4.69, 9.17) is 9.47 Å². The van der Waals surface area contributed by atoms with Gasteiger partial charge in [-0.05, 0) is 31.9 Å². The van der Waals surface area contributed by atoms with Crippen molar-refractivity contribution in [3.8, 4) is 0 Å². The fourth-order valence-corrected chi connectivity index (χ4v) is 3.01. The maximum absolute atomic E-state index is 12.6. The molecule has 3 rings (SSSR count). The van der Waals surface area contributed by atoms with Gasteiger partial charge in [0.15, 0.2) is 0 Å². The number of carbonyl (C=O) groups excluding carboxylic acids is 1. The van der Waals surface area contributed by atoms with Crippen LogP contribution in [0.5, 0.6) is 0 Å². The highest BCUT2D eigenvalue weighted by Gasteiger charge is 2.18. The SMILES string of the molecule is COCCn1ccc2nc(C)c(C(=O)NCC3CCCO3)cc2c1=O. The number of ether oxygens (including phenoxy) is 2. The Hall–Kier alpha value is -2.25. The number of aryl methyl sites for hydroxylation is 1. The van der Waals surface area contributed by atoms with Crippen LogP contribution in [0.4, 0.5) is 0 Å². The molecule has 1 unspecified atom stereocenters. The molecule has 1 aliphatic rings. The number of fused-ring (bicyclic) bond motifs is 1. The Morgan fingerprint density at radius 1 is 1.52 bits per heavy atom. The zero-order chi connectivity index (χ0) is 17.8. The monoisotopic (exact) mass is 345 g/mol. The predicted molar refractivity (Wildman–Crippen MR) is 93.9 cm³/mol. The van der Waals surface area contributed by atoms with Gasteiger partial charge in [0.2, 0.25) is 0 Å². The van der Waals surface area contributed by atoms with Crippen LogP contribution in [0, 0.1) is 6.92 Å². The molecule has 7 heteroatoms. The summed E-state index contributed by atoms with van der Waals surface area (Å²) in [5, 5.41) is 3.32. The second-order valence-electron chi connectivity index (χ2n) is 6.21. The second kappa shape index (κ2) is 7.76. The summed E-state index contributed by atoms with van der Waals surface area (Å²) >= 11 is 0. The van der Waals surface area contributed by atoms with Crippen molar-refractivity contribution in [2.24, 2.45) is 0 Å². The van der Waals surface area contributed by atoms with E-state index in [2.05, 4.69) is 10.3 Å². The number of methoxy groups -OCH3 is 1. The van der Waals surface area contributed by atoms with Gasteiger partial charge in [-0.1, -0.05) is 0 Å². The molecule has 0 spiro atoms. The molecule has 1 amide bonds. The van der Waals surface area contributed by atoms with Gasteiger partial charge in [0, 0.05) is 33.0 Å². The van der Waals surface area contributed by atoms with Crippen molar-refractivity contribution < 1.29 is 14.3 Å². The summed E-state index contributed by atoms with van der Waals surface area (Å²) in [6.45, 7) is 3.90. The van der Waals surface area contributed by atoms with Crippen LogP contribution in [0.25, 0.3) is 10.9 Å². The maximum Gasteiger partial charge on any atom is 0.260 e. The van der Waals surface area contributed by atoms with Gasteiger partial charge in [-0.25, -0.2) is 0 Å². The van der Waals surface area contributed by atoms with Crippen LogP contribution >= 0.6 is 0 Å². The van der Waals surface area contributed by atoms with Crippen molar-refractivity contribution in [2.75, 3.05) is 26.9 Å². The zero-order valence-corrected chi connectivity index (χ0v) is 14.6. The summed E-state index contributed by atoms with van der Waals surface area (Å²) < 4.78 is 12.1. The van der Waals surface area contributed by atoms with Crippen LogP contribution in [0.15, 0.2) is 23.1 Å². The quantitative estimate of drug-likeness (QED) is 0.852. The van der Waals surface area contributed by atoms with Crippen LogP contribution in [-0.2, 0) is 16.0 Å². The van der Waals surface area contributed by atoms with Gasteiger partial charge in [-0.3, -0.25) is 14.6 Å². The summed E-state index contributed by atoms with van der Waals surface area (Å²) in [5.41, 5.74) is 1.44. The highest BCUT2D eigenvalue weighted by Crippen LogP contribution is 2.15. The van der Waals surface area contributed by atoms with E-state index in [0.717, 1.165) is 19.4 Å². The first kappa shape index (κ1) is 17.6. The van der Waals surface area contributed by atoms with E-state index in [-0.39, 0.29) is 17.6 Å². The van der Waals surface area contributed by atoms with Crippen molar-refractivity contribution in [1.29, 1.82) is 0 Å². The van der Waals surface area contributed by atoms with E-state index in [0.29, 0.717) is 41.9 Å². The summed E-state index contributed by atoms with van der Waals surface area (Å²) in [5.74, 6) is -0.228. The largest absolute Gasteiger partial charge is 0.383 e. The van der Waals surface area contributed by atoms with Gasteiger partial charge < -0.3 is 19.4 Å². The van der Waals surface area contributed by atoms with Crippen LogP contribution < -0.4 is 10.9 Å². The normalized spacial score (nSPS) is 17.1. The minimum Gasteiger partial charge on any atom is -0.383 e. The van der Waals surface area contributed by atoms with Gasteiger partial charge >= 0.3 is 0 Å². The van der Waals surface area contributed by atoms with E-state index in [1.165, 1.54) is 0 Å². The van der Waals surface area contributed by atoms with E-state index in [1.54, 1.807) is 36.9 Å². The molecule has 1 N–H and O–H groups in total. The van der Waals surface area contributed by atoms with Gasteiger partial charge in [0.25, 0.3) is 11.5 Å². The molecule has 7 nitrogen and oxygen atoms in total. The Morgan fingerprint density at radius 2 is 2.36 bits per heavy atom. The standard InChI is InChI=1S/C18H23N3O4/c1-12-14(17(22)19-11-13-4-3-8-25-13)10-15-16(20-12)5-6-21(18(15)23)7-9-24-2/h5-6,10,13H,3-4,7-9,11H2,1-2H3,(H,19,22). The lowest BCUT2D eigenvalue weighted by Gasteiger charge is -2.13. The van der Waals surface area contributed by atoms with E-state index < -0.39 is 0 Å². The van der Waals surface area contributed by atoms with Crippen molar-refractivity contribution in [2.45, 2.75) is 32.4 Å². The summed E-state index contributed by atoms with van der Waals surface area (Å²) in [4.78, 5) is 29.5. The first-order chi connectivity index (χ1) is 12.1. The first-order valence-corrected chi connectivity index (χ1v) is 8.49. The number of pyridine rings is 2. The molecule has 2 aromatic heterocycles. The smallest absolute Gasteiger partial charge is 0.260 e. The minimum atomic E-state index is -0.228. The number of aromatic nitrogens is 2. The van der Waals surface area contributed by atoms with Crippen molar-refractivity contribution >= 4 is 16.8 Å². The maximum atomic E-state index is 12.6. The topological polar surface area (TPSA) is 82.5 Å². The number of nitrogens with zero attached hydrogens (tertiary/aromatic N) is 2. The van der Waals surface area contributed by atoms with Gasteiger partial charge in [-0.2, -0.15) is 0 Å². The molecular weight excluding hydrogens is 322 g/mol. The molecule has 1 aliphatic heterocycles. The third-order valence-electron chi connectivity index (χ3n) is 4.44. The third-order valence-corrected chi connectivity index (χ3v) is 4.44. The molecule has 25 heavy (non-hydrogen) atoms. The highest BCUT2D eigenvalue weighted by molar-refractivity contribution is 5.98. The average molecular weight is 345 g/mol. The Balaban J connectivity index is 1.86. The molecule has 3 heterocycles. The number of amides is 1. The number of carbonyl (C=O) groups is 1. The molecule has 2 aromatic rings. The number of nitrogens with one attached hydrogen (secondary N) is 1. The van der Waals surface area contributed by atoms with Crippen LogP contribution in [0.2, 0.25) is 0 Å². The van der Waals surface area contributed by atoms with Crippen molar-refractivity contribution in [3.63, 3.8) is 0 Å². The lowest BCUT2D eigenvalue weighted by Crippen LogP contribution is -2.32. The molecule has 0 bridgehead atoms. The third kappa shape index (κ3) is 3.88. The molecule has 134 valence electrons. The molecule has 0 aliphatic carbocycles. The molecule has 1 fully saturated rings. The summed E-state index contributed by atoms with van der Waals surface area (Å²) in [6.07, 6.45) is 3.76. The minimum absolute atomic E-state index is 0.0731. The van der Waals surface area contributed by atoms with Crippen LogP contribution in [0.1, 0.15) is 28.9 Å². The van der Waals surface area contributed by atoms with Crippen LogP contribution in [-0.4, -0.2) is 48.4 Å². The fraction of sp³-hybridized carbons (Fsp3) is 0.500. The predicted octanol–water partition coefficient (Wildman–Crippen LogP) is 1.26. The second-order valence-corrected chi connectivity index (χ2v) is 6.21. The van der Waals surface area contributed by atoms with Crippen molar-refractivity contribution in [1.82, 2.24) is 14.9 Å². The lowest BCUT2D eigenvalue weighted by molar-refractivity contribution is 0.0857. The van der Waals surface area contributed by atoms with Crippen molar-refractivity contribution in [3.05, 3.63) is 39.9 Å². The van der Waals surface area contributed by atoms with E-state index in [9.17, 15) is 9.59 Å². The average Bonchev–Trinajstić information content (AvgIpc) is 3.12. The highest BCUT2D eigenvalue weighted by atomic mass is 16.5. The van der Waals surface area contributed by atoms with Gasteiger partial charge in [0.05, 0.1) is 34.9 Å². The van der Waals surface area contributed by atoms with Gasteiger partial charge in [-0.15, -0.1) is 0 Å². The molecular formula is C18H23N3O4. The summed E-state index contributed by atoms with van der Waals surface area (Å²) in [6, 6.07) is 3.42. The number of rotatable bonds is 6. The Morgan fingerprint density at radius 3 is 3.08 bits per heavy atom. The van der Waals surface area contributed by atoms with Gasteiger partial charge in [0.1, 0.15) is 0 Å². The molecule has 0 saturated carbocycles. The number of hydrogen-bond acceptors (Lipinski definition) is 5. The molecule has 0 aromatic carbocycles. The summed E-state index contributed by atoms with van der Waals surface area (Å²) in [7, 11) is 1.59.